The van der Waals surface area contributed by atoms with Crippen LogP contribution in [0, 0.1) is 0 Å². The van der Waals surface area contributed by atoms with Gasteiger partial charge in [0.15, 0.2) is 0 Å². The molecule has 1 N–H and O–H groups in total. The van der Waals surface area contributed by atoms with E-state index in [9.17, 15) is 0 Å². The maximum Gasteiger partial charge on any atom is 0.0474 e. The van der Waals surface area contributed by atoms with E-state index in [4.69, 9.17) is 11.6 Å². The van der Waals surface area contributed by atoms with Crippen LogP contribution in [0.2, 0.25) is 0 Å². The monoisotopic (exact) mass is 291 g/mol. The van der Waals surface area contributed by atoms with Gasteiger partial charge in [-0.2, -0.15) is 0 Å². The maximum absolute atomic E-state index is 5.76. The van der Waals surface area contributed by atoms with Gasteiger partial charge in [-0.25, -0.2) is 0 Å². The molecule has 0 aliphatic rings. The van der Waals surface area contributed by atoms with Gasteiger partial charge >= 0.3 is 0 Å². The molecule has 0 aliphatic carbocycles. The van der Waals surface area contributed by atoms with Crippen molar-refractivity contribution in [2.45, 2.75) is 17.3 Å². The zero-order valence-corrected chi connectivity index (χ0v) is 12.4. The van der Waals surface area contributed by atoms with Crippen molar-refractivity contribution in [3.8, 4) is 0 Å². The van der Waals surface area contributed by atoms with Crippen LogP contribution in [0.5, 0.6) is 0 Å². The van der Waals surface area contributed by atoms with Crippen LogP contribution >= 0.6 is 23.4 Å². The Balaban J connectivity index is 1.63. The lowest BCUT2D eigenvalue weighted by Crippen LogP contribution is -2.16. The highest BCUT2D eigenvalue weighted by Gasteiger charge is 1.95. The van der Waals surface area contributed by atoms with E-state index in [0.29, 0.717) is 5.88 Å². The second-order valence-electron chi connectivity index (χ2n) is 4.29. The lowest BCUT2D eigenvalue weighted by atomic mass is 10.1. The van der Waals surface area contributed by atoms with E-state index in [0.717, 1.165) is 18.8 Å². The molecule has 0 saturated heterocycles. The zero-order chi connectivity index (χ0) is 13.3. The molecule has 0 amide bonds. The van der Waals surface area contributed by atoms with Crippen LogP contribution in [0.1, 0.15) is 11.1 Å². The van der Waals surface area contributed by atoms with E-state index in [1.54, 1.807) is 0 Å². The summed E-state index contributed by atoms with van der Waals surface area (Å²) in [6.07, 6.45) is 0. The molecule has 0 aliphatic heterocycles. The van der Waals surface area contributed by atoms with E-state index < -0.39 is 0 Å². The summed E-state index contributed by atoms with van der Waals surface area (Å²) in [6.45, 7) is 1.93. The molecule has 19 heavy (non-hydrogen) atoms. The molecule has 0 spiro atoms. The van der Waals surface area contributed by atoms with Crippen molar-refractivity contribution < 1.29 is 0 Å². The largest absolute Gasteiger partial charge is 0.312 e. The average molecular weight is 292 g/mol. The maximum atomic E-state index is 5.76. The summed E-state index contributed by atoms with van der Waals surface area (Å²) in [5.41, 5.74) is 2.48. The normalized spacial score (nSPS) is 10.6. The topological polar surface area (TPSA) is 12.0 Å². The third-order valence-electron chi connectivity index (χ3n) is 2.80. The predicted molar refractivity (Wildman–Crippen MR) is 84.9 cm³/mol. The van der Waals surface area contributed by atoms with Crippen LogP contribution in [0.25, 0.3) is 0 Å². The Morgan fingerprint density at radius 2 is 1.58 bits per heavy atom. The lowest BCUT2D eigenvalue weighted by Gasteiger charge is -2.05. The molecule has 2 aromatic carbocycles. The Hall–Kier alpha value is -0.960. The number of hydrogen-bond acceptors (Lipinski definition) is 2. The smallest absolute Gasteiger partial charge is 0.0474 e. The first-order chi connectivity index (χ1) is 9.38. The number of hydrogen-bond donors (Lipinski definition) is 1. The van der Waals surface area contributed by atoms with Crippen molar-refractivity contribution >= 4 is 23.4 Å². The van der Waals surface area contributed by atoms with Crippen molar-refractivity contribution in [3.05, 3.63) is 65.7 Å². The molecule has 100 valence electrons. The zero-order valence-electron chi connectivity index (χ0n) is 10.8. The van der Waals surface area contributed by atoms with Crippen LogP contribution in [-0.2, 0) is 12.4 Å². The molecule has 2 aromatic rings. The number of benzene rings is 2. The Bertz CT molecular complexity index is 470. The van der Waals surface area contributed by atoms with Crippen molar-refractivity contribution in [1.29, 1.82) is 0 Å². The average Bonchev–Trinajstić information content (AvgIpc) is 2.49. The van der Waals surface area contributed by atoms with Gasteiger partial charge < -0.3 is 5.32 Å². The summed E-state index contributed by atoms with van der Waals surface area (Å²) < 4.78 is 0. The molecule has 0 heterocycles. The van der Waals surface area contributed by atoms with Crippen molar-refractivity contribution in [1.82, 2.24) is 5.32 Å². The second kappa shape index (κ2) is 8.26. The first-order valence-corrected chi connectivity index (χ1v) is 7.93. The van der Waals surface area contributed by atoms with E-state index in [-0.39, 0.29) is 0 Å². The van der Waals surface area contributed by atoms with Crippen LogP contribution in [-0.4, -0.2) is 12.3 Å². The third-order valence-corrected chi connectivity index (χ3v) is 4.12. The van der Waals surface area contributed by atoms with Gasteiger partial charge in [0, 0.05) is 29.6 Å². The minimum Gasteiger partial charge on any atom is -0.312 e. The molecule has 0 saturated carbocycles. The molecule has 0 radical (unpaired) electrons. The number of alkyl halides is 1. The highest BCUT2D eigenvalue weighted by Crippen LogP contribution is 2.15. The van der Waals surface area contributed by atoms with E-state index >= 15 is 0 Å². The van der Waals surface area contributed by atoms with Gasteiger partial charge in [0.1, 0.15) is 0 Å². The molecule has 0 bridgehead atoms. The van der Waals surface area contributed by atoms with Gasteiger partial charge in [-0.1, -0.05) is 42.5 Å². The lowest BCUT2D eigenvalue weighted by molar-refractivity contribution is 0.732. The summed E-state index contributed by atoms with van der Waals surface area (Å²) >= 11 is 7.65. The number of rotatable bonds is 7. The molecule has 0 aromatic heterocycles. The summed E-state index contributed by atoms with van der Waals surface area (Å²) in [5.74, 6) is 1.67. The van der Waals surface area contributed by atoms with Gasteiger partial charge in [0.2, 0.25) is 0 Å². The molecule has 0 fully saturated rings. The van der Waals surface area contributed by atoms with Crippen LogP contribution in [0.3, 0.4) is 0 Å². The summed E-state index contributed by atoms with van der Waals surface area (Å²) in [5, 5.41) is 3.46. The van der Waals surface area contributed by atoms with Crippen LogP contribution in [0.15, 0.2) is 59.5 Å². The molecule has 0 atom stereocenters. The molecular weight excluding hydrogens is 274 g/mol. The van der Waals surface area contributed by atoms with Crippen molar-refractivity contribution in [3.63, 3.8) is 0 Å². The Morgan fingerprint density at radius 3 is 2.26 bits per heavy atom. The summed E-state index contributed by atoms with van der Waals surface area (Å²) in [6, 6.07) is 18.9. The number of nitrogens with one attached hydrogen (secondary N) is 1. The predicted octanol–water partition coefficient (Wildman–Crippen LogP) is 4.31. The van der Waals surface area contributed by atoms with Crippen molar-refractivity contribution in [2.24, 2.45) is 0 Å². The minimum absolute atomic E-state index is 0.585. The third kappa shape index (κ3) is 5.27. The van der Waals surface area contributed by atoms with E-state index in [1.807, 2.05) is 17.8 Å². The summed E-state index contributed by atoms with van der Waals surface area (Å²) in [4.78, 5) is 1.33. The first-order valence-electron chi connectivity index (χ1n) is 6.41. The SMILES string of the molecule is ClCc1ccc(CNCCSc2ccccc2)cc1. The molecule has 0 unspecified atom stereocenters. The highest BCUT2D eigenvalue weighted by molar-refractivity contribution is 7.99. The standard InChI is InChI=1S/C16H18ClNS/c17-12-14-6-8-15(9-7-14)13-18-10-11-19-16-4-2-1-3-5-16/h1-9,18H,10-13H2. The van der Waals surface area contributed by atoms with Crippen molar-refractivity contribution in [2.75, 3.05) is 12.3 Å². The Labute approximate surface area is 124 Å². The Kier molecular flexibility index (Phi) is 6.28. The second-order valence-corrected chi connectivity index (χ2v) is 5.72. The van der Waals surface area contributed by atoms with Crippen LogP contribution in [0.4, 0.5) is 0 Å². The molecular formula is C16H18ClNS. The fourth-order valence-electron chi connectivity index (χ4n) is 1.74. The fraction of sp³-hybridized carbons (Fsp3) is 0.250. The first kappa shape index (κ1) is 14.4. The fourth-order valence-corrected chi connectivity index (χ4v) is 2.75. The van der Waals surface area contributed by atoms with Gasteiger partial charge in [-0.05, 0) is 23.3 Å². The molecule has 1 nitrogen and oxygen atoms in total. The minimum atomic E-state index is 0.585. The number of halogens is 1. The van der Waals surface area contributed by atoms with E-state index in [1.165, 1.54) is 16.0 Å². The van der Waals surface area contributed by atoms with E-state index in [2.05, 4.69) is 53.8 Å². The summed E-state index contributed by atoms with van der Waals surface area (Å²) in [7, 11) is 0. The van der Waals surface area contributed by atoms with Gasteiger partial charge in [0.05, 0.1) is 0 Å². The quantitative estimate of drug-likeness (QED) is 0.463. The molecule has 2 rings (SSSR count). The highest BCUT2D eigenvalue weighted by atomic mass is 35.5. The molecule has 3 heteroatoms. The van der Waals surface area contributed by atoms with Gasteiger partial charge in [0.25, 0.3) is 0 Å². The number of thioether (sulfide) groups is 1. The van der Waals surface area contributed by atoms with Gasteiger partial charge in [-0.3, -0.25) is 0 Å². The van der Waals surface area contributed by atoms with Crippen LogP contribution < -0.4 is 5.32 Å². The van der Waals surface area contributed by atoms with Gasteiger partial charge in [-0.15, -0.1) is 23.4 Å². The Morgan fingerprint density at radius 1 is 0.895 bits per heavy atom.